The summed E-state index contributed by atoms with van der Waals surface area (Å²) in [7, 11) is -4.03. The highest BCUT2D eigenvalue weighted by atomic mass is 35.5. The number of amides is 1. The number of ketones is 1. The third-order valence-corrected chi connectivity index (χ3v) is 11.8. The number of rotatable bonds is 9. The standard InChI is InChI=1S/C35H42ClN3O4S/c1-5-28-22-32(40)35(4,34(28,2)3)24-44(42,43)37-33(41)26-12-16-30(17-13-26)39-20-18-38(19-21-39)23-27-8-6-7-9-31(27)25-10-14-29(36)15-11-25/h6-17,28H,5,18-24H2,1-4H3,(H,37,41)/t28-,35+/m1/s1. The van der Waals surface area contributed by atoms with Crippen molar-refractivity contribution in [1.82, 2.24) is 9.62 Å². The van der Waals surface area contributed by atoms with Gasteiger partial charge < -0.3 is 4.90 Å². The van der Waals surface area contributed by atoms with Gasteiger partial charge in [0.25, 0.3) is 5.91 Å². The number of piperazine rings is 1. The molecule has 0 radical (unpaired) electrons. The van der Waals surface area contributed by atoms with Crippen LogP contribution in [0.4, 0.5) is 5.69 Å². The fourth-order valence-corrected chi connectivity index (χ4v) is 8.74. The van der Waals surface area contributed by atoms with Crippen molar-refractivity contribution < 1.29 is 18.0 Å². The van der Waals surface area contributed by atoms with Crippen LogP contribution in [0.3, 0.4) is 0 Å². The highest BCUT2D eigenvalue weighted by Gasteiger charge is 2.58. The SMILES string of the molecule is CC[C@@H]1CC(=O)[C@](C)(CS(=O)(=O)NC(=O)c2ccc(N3CCN(Cc4ccccc4-c4ccc(Cl)cc4)CC3)cc2)C1(C)C. The van der Waals surface area contributed by atoms with Gasteiger partial charge in [0.1, 0.15) is 5.78 Å². The minimum absolute atomic E-state index is 0.0533. The second kappa shape index (κ2) is 12.7. The molecule has 5 rings (SSSR count). The first-order valence-corrected chi connectivity index (χ1v) is 17.4. The Labute approximate surface area is 266 Å². The van der Waals surface area contributed by atoms with Gasteiger partial charge in [-0.25, -0.2) is 13.1 Å². The molecule has 44 heavy (non-hydrogen) atoms. The van der Waals surface area contributed by atoms with Crippen LogP contribution in [0.2, 0.25) is 5.02 Å². The summed E-state index contributed by atoms with van der Waals surface area (Å²) < 4.78 is 28.4. The van der Waals surface area contributed by atoms with E-state index in [1.165, 1.54) is 11.1 Å². The fraction of sp³-hybridized carbons (Fsp3) is 0.429. The average molecular weight is 636 g/mol. The Hall–Kier alpha value is -3.20. The van der Waals surface area contributed by atoms with Crippen LogP contribution in [-0.2, 0) is 21.4 Å². The van der Waals surface area contributed by atoms with Crippen molar-refractivity contribution in [3.05, 3.63) is 88.9 Å². The lowest BCUT2D eigenvalue weighted by atomic mass is 9.66. The number of hydrogen-bond donors (Lipinski definition) is 1. The molecule has 2 aliphatic rings. The second-order valence-corrected chi connectivity index (χ2v) is 15.1. The molecule has 7 nitrogen and oxygen atoms in total. The smallest absolute Gasteiger partial charge is 0.264 e. The van der Waals surface area contributed by atoms with Crippen LogP contribution in [0.25, 0.3) is 11.1 Å². The number of benzene rings is 3. The van der Waals surface area contributed by atoms with E-state index in [1.807, 2.05) is 45.0 Å². The topological polar surface area (TPSA) is 86.8 Å². The highest BCUT2D eigenvalue weighted by molar-refractivity contribution is 7.90. The molecular weight excluding hydrogens is 594 g/mol. The molecule has 3 aromatic carbocycles. The molecule has 0 bridgehead atoms. The van der Waals surface area contributed by atoms with E-state index in [9.17, 15) is 18.0 Å². The van der Waals surface area contributed by atoms with Crippen LogP contribution in [0.1, 0.15) is 56.5 Å². The molecule has 1 aliphatic carbocycles. The van der Waals surface area contributed by atoms with Gasteiger partial charge in [0, 0.05) is 60.8 Å². The minimum Gasteiger partial charge on any atom is -0.369 e. The molecule has 1 amide bonds. The normalized spacial score (nSPS) is 22.2. The Morgan fingerprint density at radius 3 is 2.18 bits per heavy atom. The van der Waals surface area contributed by atoms with E-state index in [0.717, 1.165) is 55.4 Å². The van der Waals surface area contributed by atoms with Crippen LogP contribution in [0.5, 0.6) is 0 Å². The molecule has 9 heteroatoms. The summed E-state index contributed by atoms with van der Waals surface area (Å²) in [5.74, 6) is -1.02. The highest BCUT2D eigenvalue weighted by Crippen LogP contribution is 2.55. The second-order valence-electron chi connectivity index (χ2n) is 13.0. The maximum Gasteiger partial charge on any atom is 0.264 e. The van der Waals surface area contributed by atoms with Gasteiger partial charge >= 0.3 is 0 Å². The lowest BCUT2D eigenvalue weighted by Gasteiger charge is -2.39. The summed E-state index contributed by atoms with van der Waals surface area (Å²) >= 11 is 6.10. The number of hydrogen-bond acceptors (Lipinski definition) is 6. The Balaban J connectivity index is 1.17. The molecule has 234 valence electrons. The van der Waals surface area contributed by atoms with Gasteiger partial charge in [0.2, 0.25) is 10.0 Å². The number of sulfonamides is 1. The molecule has 0 aromatic heterocycles. The van der Waals surface area contributed by atoms with Gasteiger partial charge in [0.05, 0.1) is 5.75 Å². The number of nitrogens with one attached hydrogen (secondary N) is 1. The lowest BCUT2D eigenvalue weighted by Crippen LogP contribution is -2.47. The van der Waals surface area contributed by atoms with E-state index in [1.54, 1.807) is 19.1 Å². The predicted molar refractivity (Wildman–Crippen MR) is 177 cm³/mol. The molecular formula is C35H42ClN3O4S. The van der Waals surface area contributed by atoms with Crippen molar-refractivity contribution in [2.75, 3.05) is 36.8 Å². The van der Waals surface area contributed by atoms with E-state index in [2.05, 4.69) is 50.9 Å². The molecule has 1 saturated carbocycles. The van der Waals surface area contributed by atoms with Gasteiger partial charge in [0.15, 0.2) is 0 Å². The predicted octanol–water partition coefficient (Wildman–Crippen LogP) is 6.42. The third-order valence-electron chi connectivity index (χ3n) is 10.1. The van der Waals surface area contributed by atoms with Gasteiger partial charge in [-0.2, -0.15) is 0 Å². The van der Waals surface area contributed by atoms with Crippen LogP contribution in [0.15, 0.2) is 72.8 Å². The van der Waals surface area contributed by atoms with Crippen LogP contribution < -0.4 is 9.62 Å². The Bertz CT molecular complexity index is 1610. The van der Waals surface area contributed by atoms with Crippen LogP contribution in [-0.4, -0.2) is 56.9 Å². The molecule has 2 fully saturated rings. The molecule has 0 unspecified atom stereocenters. The maximum atomic E-state index is 13.1. The quantitative estimate of drug-likeness (QED) is 0.292. The van der Waals surface area contributed by atoms with Crippen molar-refractivity contribution in [2.24, 2.45) is 16.7 Å². The first kappa shape index (κ1) is 32.2. The Kier molecular flexibility index (Phi) is 9.26. The van der Waals surface area contributed by atoms with Crippen LogP contribution in [0, 0.1) is 16.7 Å². The summed E-state index contributed by atoms with van der Waals surface area (Å²) in [5.41, 5.74) is 3.35. The molecule has 3 aromatic rings. The zero-order valence-electron chi connectivity index (χ0n) is 26.0. The zero-order valence-corrected chi connectivity index (χ0v) is 27.5. The van der Waals surface area contributed by atoms with Crippen molar-refractivity contribution in [1.29, 1.82) is 0 Å². The number of halogens is 1. The summed E-state index contributed by atoms with van der Waals surface area (Å²) in [4.78, 5) is 30.6. The van der Waals surface area contributed by atoms with Crippen molar-refractivity contribution in [3.63, 3.8) is 0 Å². The van der Waals surface area contributed by atoms with E-state index < -0.39 is 32.5 Å². The van der Waals surface area contributed by atoms with E-state index in [0.29, 0.717) is 6.42 Å². The summed E-state index contributed by atoms with van der Waals surface area (Å²) in [6.07, 6.45) is 1.18. The van der Waals surface area contributed by atoms with E-state index in [-0.39, 0.29) is 17.3 Å². The molecule has 0 spiro atoms. The van der Waals surface area contributed by atoms with E-state index in [4.69, 9.17) is 11.6 Å². The van der Waals surface area contributed by atoms with Gasteiger partial charge in [-0.3, -0.25) is 14.5 Å². The molecule has 1 saturated heterocycles. The van der Waals surface area contributed by atoms with Crippen molar-refractivity contribution in [2.45, 2.75) is 47.1 Å². The van der Waals surface area contributed by atoms with Crippen molar-refractivity contribution in [3.8, 4) is 11.1 Å². The average Bonchev–Trinajstić information content (AvgIpc) is 3.16. The van der Waals surface area contributed by atoms with E-state index >= 15 is 0 Å². The number of nitrogens with zero attached hydrogens (tertiary/aromatic N) is 2. The molecule has 2 atom stereocenters. The zero-order chi connectivity index (χ0) is 31.7. The summed E-state index contributed by atoms with van der Waals surface area (Å²) in [6, 6.07) is 23.5. The minimum atomic E-state index is -4.03. The number of carbonyl (C=O) groups is 2. The molecule has 1 heterocycles. The molecule has 1 N–H and O–H groups in total. The summed E-state index contributed by atoms with van der Waals surface area (Å²) in [6.45, 7) is 12.0. The fourth-order valence-electron chi connectivity index (χ4n) is 6.85. The van der Waals surface area contributed by atoms with Crippen LogP contribution >= 0.6 is 11.6 Å². The summed E-state index contributed by atoms with van der Waals surface area (Å²) in [5, 5.41) is 0.724. The first-order chi connectivity index (χ1) is 20.8. The molecule has 1 aliphatic heterocycles. The Morgan fingerprint density at radius 2 is 1.57 bits per heavy atom. The Morgan fingerprint density at radius 1 is 0.932 bits per heavy atom. The third kappa shape index (κ3) is 6.58. The number of anilines is 1. The largest absolute Gasteiger partial charge is 0.369 e. The number of Topliss-reactive ketones (excluding diaryl/α,β-unsaturated/α-hetero) is 1. The lowest BCUT2D eigenvalue weighted by molar-refractivity contribution is -0.126. The maximum absolute atomic E-state index is 13.1. The van der Waals surface area contributed by atoms with Gasteiger partial charge in [-0.1, -0.05) is 82.1 Å². The van der Waals surface area contributed by atoms with Gasteiger partial charge in [-0.15, -0.1) is 0 Å². The monoisotopic (exact) mass is 635 g/mol. The number of carbonyl (C=O) groups excluding carboxylic acids is 2. The van der Waals surface area contributed by atoms with Crippen molar-refractivity contribution >= 4 is 39.0 Å². The first-order valence-electron chi connectivity index (χ1n) is 15.3. The van der Waals surface area contributed by atoms with Gasteiger partial charge in [-0.05, 0) is 64.4 Å².